The molecule has 0 saturated heterocycles. The van der Waals surface area contributed by atoms with Crippen molar-refractivity contribution in [1.29, 1.82) is 0 Å². The number of aromatic nitrogens is 5. The molecule has 0 spiro atoms. The number of hydrogen-bond acceptors (Lipinski definition) is 2. The smallest absolute Gasteiger partial charge is 0.235 e. The van der Waals surface area contributed by atoms with Gasteiger partial charge in [-0.3, -0.25) is 4.57 Å². The van der Waals surface area contributed by atoms with Gasteiger partial charge in [0.1, 0.15) is 0 Å². The minimum absolute atomic E-state index is 0.640. The number of benzene rings is 10. The molecule has 5 heteroatoms. The third-order valence-electron chi connectivity index (χ3n) is 14.0. The van der Waals surface area contributed by atoms with Gasteiger partial charge in [-0.25, -0.2) is 9.97 Å². The topological polar surface area (TPSA) is 40.6 Å². The van der Waals surface area contributed by atoms with Gasteiger partial charge in [0, 0.05) is 60.1 Å². The third kappa shape index (κ3) is 4.65. The van der Waals surface area contributed by atoms with Crippen molar-refractivity contribution in [3.8, 4) is 50.8 Å². The Balaban J connectivity index is 1.09. The third-order valence-corrected chi connectivity index (χ3v) is 14.0. The average molecular weight is 826 g/mol. The van der Waals surface area contributed by atoms with E-state index in [4.69, 9.17) is 9.97 Å². The van der Waals surface area contributed by atoms with Gasteiger partial charge in [-0.15, -0.1) is 0 Å². The average Bonchev–Trinajstić information content (AvgIpc) is 3.98. The summed E-state index contributed by atoms with van der Waals surface area (Å²) < 4.78 is 7.20. The molecule has 15 rings (SSSR count). The predicted octanol–water partition coefficient (Wildman–Crippen LogP) is 15.4. The van der Waals surface area contributed by atoms with Crippen LogP contribution in [0.3, 0.4) is 0 Å². The molecule has 5 heterocycles. The normalized spacial score (nSPS) is 12.3. The molecule has 0 saturated carbocycles. The van der Waals surface area contributed by atoms with Crippen molar-refractivity contribution in [2.75, 3.05) is 0 Å². The minimum Gasteiger partial charge on any atom is -0.309 e. The first kappa shape index (κ1) is 34.7. The van der Waals surface area contributed by atoms with Crippen LogP contribution in [0.1, 0.15) is 0 Å². The first-order valence-electron chi connectivity index (χ1n) is 22.3. The van der Waals surface area contributed by atoms with Crippen molar-refractivity contribution in [3.05, 3.63) is 212 Å². The van der Waals surface area contributed by atoms with Gasteiger partial charge < -0.3 is 9.13 Å². The van der Waals surface area contributed by atoms with E-state index in [0.717, 1.165) is 60.6 Å². The van der Waals surface area contributed by atoms with E-state index < -0.39 is 0 Å². The second-order valence-electron chi connectivity index (χ2n) is 17.3. The summed E-state index contributed by atoms with van der Waals surface area (Å²) in [6.07, 6.45) is 0. The van der Waals surface area contributed by atoms with Gasteiger partial charge in [0.15, 0.2) is 0 Å². The molecule has 65 heavy (non-hydrogen) atoms. The second kappa shape index (κ2) is 12.9. The Kier molecular flexibility index (Phi) is 6.89. The summed E-state index contributed by atoms with van der Waals surface area (Å²) in [7, 11) is 0. The van der Waals surface area contributed by atoms with Crippen molar-refractivity contribution in [3.63, 3.8) is 0 Å². The number of hydrogen-bond donors (Lipinski definition) is 0. The summed E-state index contributed by atoms with van der Waals surface area (Å²) in [4.78, 5) is 11.3. The fraction of sp³-hybridized carbons (Fsp3) is 0. The molecule has 10 aromatic carbocycles. The van der Waals surface area contributed by atoms with E-state index in [1.54, 1.807) is 0 Å². The summed E-state index contributed by atoms with van der Waals surface area (Å²) in [6.45, 7) is 0. The Morgan fingerprint density at radius 3 is 1.77 bits per heavy atom. The van der Waals surface area contributed by atoms with Crippen LogP contribution in [0.25, 0.3) is 138 Å². The zero-order valence-electron chi connectivity index (χ0n) is 34.9. The molecule has 0 fully saturated rings. The molecule has 0 amide bonds. The maximum absolute atomic E-state index is 5.77. The molecule has 0 aliphatic carbocycles. The largest absolute Gasteiger partial charge is 0.309 e. The fourth-order valence-electron chi connectivity index (χ4n) is 11.3. The van der Waals surface area contributed by atoms with E-state index in [9.17, 15) is 0 Å². The standard InChI is InChI=1S/C60H35N5/c1-2-17-38(18-3-1)63-49-26-12-9-22-42(49)46-34-37(31-33-53(46)63)58-55-39-19-5-4-16-36(39)30-32-48(55)61-60(62-58)65-52-29-15-11-25-45(52)56-54(65)35-47-43-23-10-14-28-51(43)64-50-27-13-8-21-41(50)40-20-6-7-24-44(40)57(56)59(47)64/h1-35H. The van der Waals surface area contributed by atoms with Crippen molar-refractivity contribution in [2.24, 2.45) is 0 Å². The van der Waals surface area contributed by atoms with Gasteiger partial charge in [0.05, 0.1) is 50.0 Å². The van der Waals surface area contributed by atoms with Gasteiger partial charge in [-0.05, 0) is 82.6 Å². The van der Waals surface area contributed by atoms with E-state index in [2.05, 4.69) is 226 Å². The van der Waals surface area contributed by atoms with Crippen LogP contribution >= 0.6 is 0 Å². The monoisotopic (exact) mass is 825 g/mol. The lowest BCUT2D eigenvalue weighted by Crippen LogP contribution is -2.04. The maximum Gasteiger partial charge on any atom is 0.235 e. The molecule has 5 nitrogen and oxygen atoms in total. The van der Waals surface area contributed by atoms with Crippen LogP contribution in [0.5, 0.6) is 0 Å². The lowest BCUT2D eigenvalue weighted by molar-refractivity contribution is 1.02. The molecule has 0 N–H and O–H groups in total. The van der Waals surface area contributed by atoms with Gasteiger partial charge in [0.25, 0.3) is 0 Å². The first-order chi connectivity index (χ1) is 32.3. The predicted molar refractivity (Wildman–Crippen MR) is 270 cm³/mol. The molecule has 14 aromatic rings. The minimum atomic E-state index is 0.640. The van der Waals surface area contributed by atoms with Crippen molar-refractivity contribution in [2.45, 2.75) is 0 Å². The Labute approximate surface area is 372 Å². The molecule has 4 aromatic heterocycles. The Morgan fingerprint density at radius 1 is 0.338 bits per heavy atom. The SMILES string of the molecule is c1ccc(-n2c3ccccc3c3cc(-c4nc(-n5c6ccccc6c6c7c8c(cc65)c5ccccc5n8-c5ccccc5-c5ccccc5-7)nc5ccc6ccccc6c45)ccc32)cc1. The van der Waals surface area contributed by atoms with Crippen LogP contribution in [0, 0.1) is 0 Å². The number of fused-ring (bicyclic) bond motifs is 18. The highest BCUT2D eigenvalue weighted by Gasteiger charge is 2.29. The van der Waals surface area contributed by atoms with E-state index >= 15 is 0 Å². The van der Waals surface area contributed by atoms with E-state index in [-0.39, 0.29) is 0 Å². The van der Waals surface area contributed by atoms with Crippen LogP contribution in [-0.2, 0) is 0 Å². The lowest BCUT2D eigenvalue weighted by Gasteiger charge is -2.15. The maximum atomic E-state index is 5.77. The second-order valence-corrected chi connectivity index (χ2v) is 17.3. The quantitative estimate of drug-likeness (QED) is 0.167. The van der Waals surface area contributed by atoms with E-state index in [1.807, 2.05) is 0 Å². The molecule has 0 bridgehead atoms. The molecule has 0 atom stereocenters. The van der Waals surface area contributed by atoms with Crippen LogP contribution in [0.2, 0.25) is 0 Å². The lowest BCUT2D eigenvalue weighted by atomic mass is 9.91. The number of para-hydroxylation sites is 5. The van der Waals surface area contributed by atoms with Gasteiger partial charge in [-0.2, -0.15) is 0 Å². The van der Waals surface area contributed by atoms with E-state index in [0.29, 0.717) is 5.95 Å². The molecule has 0 unspecified atom stereocenters. The number of nitrogens with zero attached hydrogens (tertiary/aromatic N) is 5. The number of rotatable bonds is 3. The fourth-order valence-corrected chi connectivity index (χ4v) is 11.3. The molecule has 1 aliphatic heterocycles. The zero-order chi connectivity index (χ0) is 42.3. The van der Waals surface area contributed by atoms with E-state index in [1.165, 1.54) is 71.4 Å². The van der Waals surface area contributed by atoms with Crippen LogP contribution in [-0.4, -0.2) is 23.7 Å². The van der Waals surface area contributed by atoms with Crippen molar-refractivity contribution >= 4 is 87.1 Å². The highest BCUT2D eigenvalue weighted by molar-refractivity contribution is 6.28. The highest BCUT2D eigenvalue weighted by atomic mass is 15.2. The summed E-state index contributed by atoms with van der Waals surface area (Å²) in [5.41, 5.74) is 16.9. The van der Waals surface area contributed by atoms with Crippen molar-refractivity contribution < 1.29 is 0 Å². The summed E-state index contributed by atoms with van der Waals surface area (Å²) in [5, 5.41) is 10.5. The zero-order valence-corrected chi connectivity index (χ0v) is 34.9. The molecule has 1 aliphatic rings. The molecular weight excluding hydrogens is 791 g/mol. The highest BCUT2D eigenvalue weighted by Crippen LogP contribution is 2.52. The molecule has 0 radical (unpaired) electrons. The Morgan fingerprint density at radius 2 is 0.954 bits per heavy atom. The molecule has 300 valence electrons. The van der Waals surface area contributed by atoms with Gasteiger partial charge >= 0.3 is 0 Å². The summed E-state index contributed by atoms with van der Waals surface area (Å²) in [6, 6.07) is 77.1. The van der Waals surface area contributed by atoms with Crippen LogP contribution in [0.15, 0.2) is 212 Å². The Bertz CT molecular complexity index is 4360. The van der Waals surface area contributed by atoms with Crippen molar-refractivity contribution in [1.82, 2.24) is 23.7 Å². The Hall–Kier alpha value is -8.80. The summed E-state index contributed by atoms with van der Waals surface area (Å²) >= 11 is 0. The van der Waals surface area contributed by atoms with Crippen LogP contribution in [0.4, 0.5) is 0 Å². The van der Waals surface area contributed by atoms with Gasteiger partial charge in [-0.1, -0.05) is 152 Å². The van der Waals surface area contributed by atoms with Gasteiger partial charge in [0.2, 0.25) is 5.95 Å². The summed E-state index contributed by atoms with van der Waals surface area (Å²) in [5.74, 6) is 0.640. The molecular formula is C60H35N5. The first-order valence-corrected chi connectivity index (χ1v) is 22.3. The van der Waals surface area contributed by atoms with Crippen LogP contribution < -0.4 is 0 Å².